The average molecular weight is 622 g/mol. The highest BCUT2D eigenvalue weighted by atomic mass is 127. The van der Waals surface area contributed by atoms with Crippen LogP contribution in [0.5, 0.6) is 11.5 Å². The smallest absolute Gasteiger partial charge is 0.271 e. The van der Waals surface area contributed by atoms with Gasteiger partial charge in [-0.2, -0.15) is 5.10 Å². The number of hydrogen-bond donors (Lipinski definition) is 2. The van der Waals surface area contributed by atoms with E-state index in [2.05, 4.69) is 54.4 Å². The molecule has 2 amide bonds. The summed E-state index contributed by atoms with van der Waals surface area (Å²) < 4.78 is 12.8. The van der Waals surface area contributed by atoms with Crippen LogP contribution in [0, 0.1) is 10.5 Å². The number of carbonyl (C=O) groups is 2. The summed E-state index contributed by atoms with van der Waals surface area (Å²) in [6.07, 6.45) is 1.51. The van der Waals surface area contributed by atoms with Crippen molar-refractivity contribution < 1.29 is 19.1 Å². The molecule has 0 radical (unpaired) electrons. The second-order valence-corrected chi connectivity index (χ2v) is 8.97. The lowest BCUT2D eigenvalue weighted by Crippen LogP contribution is -2.21. The number of carbonyl (C=O) groups excluding carboxylic acids is 2. The second-order valence-electron chi connectivity index (χ2n) is 6.89. The van der Waals surface area contributed by atoms with Gasteiger partial charge in [0.1, 0.15) is 0 Å². The van der Waals surface area contributed by atoms with Gasteiger partial charge in [0.05, 0.1) is 16.9 Å². The number of anilines is 1. The van der Waals surface area contributed by atoms with E-state index >= 15 is 0 Å². The third-order valence-electron chi connectivity index (χ3n) is 4.50. The number of aryl methyl sites for hydroxylation is 1. The number of hydrazone groups is 1. The maximum absolute atomic E-state index is 12.3. The lowest BCUT2D eigenvalue weighted by Gasteiger charge is -2.14. The summed E-state index contributed by atoms with van der Waals surface area (Å²) in [5.41, 5.74) is 5.39. The maximum Gasteiger partial charge on any atom is 0.271 e. The van der Waals surface area contributed by atoms with Crippen molar-refractivity contribution in [2.24, 2.45) is 5.10 Å². The van der Waals surface area contributed by atoms with E-state index in [0.717, 1.165) is 19.3 Å². The fourth-order valence-electron chi connectivity index (χ4n) is 2.82. The predicted octanol–water partition coefficient (Wildman–Crippen LogP) is 5.15. The van der Waals surface area contributed by atoms with E-state index in [-0.39, 0.29) is 18.4 Å². The number of benzene rings is 3. The number of para-hydroxylation sites is 1. The summed E-state index contributed by atoms with van der Waals surface area (Å²) in [5, 5.41) is 6.85. The number of nitrogens with zero attached hydrogens (tertiary/aromatic N) is 1. The van der Waals surface area contributed by atoms with Gasteiger partial charge in [0.15, 0.2) is 18.1 Å². The van der Waals surface area contributed by atoms with Crippen LogP contribution in [0.3, 0.4) is 0 Å². The van der Waals surface area contributed by atoms with Crippen LogP contribution in [0.15, 0.2) is 70.2 Å². The van der Waals surface area contributed by atoms with Crippen molar-refractivity contribution in [2.45, 2.75) is 6.92 Å². The van der Waals surface area contributed by atoms with Gasteiger partial charge in [-0.05, 0) is 83.1 Å². The fourth-order valence-corrected chi connectivity index (χ4v) is 3.87. The molecule has 3 aromatic carbocycles. The number of amides is 2. The molecule has 0 aliphatic carbocycles. The van der Waals surface area contributed by atoms with Crippen LogP contribution in [0.4, 0.5) is 5.69 Å². The van der Waals surface area contributed by atoms with Crippen LogP contribution >= 0.6 is 38.5 Å². The Morgan fingerprint density at radius 3 is 2.55 bits per heavy atom. The highest BCUT2D eigenvalue weighted by molar-refractivity contribution is 14.1. The molecule has 0 aliphatic heterocycles. The van der Waals surface area contributed by atoms with Gasteiger partial charge in [-0.1, -0.05) is 34.1 Å². The summed E-state index contributed by atoms with van der Waals surface area (Å²) in [4.78, 5) is 24.5. The highest BCUT2D eigenvalue weighted by Crippen LogP contribution is 2.33. The molecule has 3 aromatic rings. The standard InChI is InChI=1S/C24H21BrIN3O4/c1-15-5-3-4-6-20(15)28-22(30)14-33-23-19(26)11-16(12-21(23)32-2)13-27-29-24(31)17-7-9-18(25)10-8-17/h3-13H,14H2,1-2H3,(H,28,30)(H,29,31)/b27-13+. The number of hydrogen-bond acceptors (Lipinski definition) is 5. The van der Waals surface area contributed by atoms with Crippen molar-refractivity contribution in [3.63, 3.8) is 0 Å². The zero-order valence-electron chi connectivity index (χ0n) is 17.9. The molecule has 7 nitrogen and oxygen atoms in total. The number of rotatable bonds is 8. The molecule has 3 rings (SSSR count). The zero-order chi connectivity index (χ0) is 23.8. The van der Waals surface area contributed by atoms with Gasteiger partial charge in [-0.15, -0.1) is 0 Å². The van der Waals surface area contributed by atoms with Crippen LogP contribution < -0.4 is 20.2 Å². The van der Waals surface area contributed by atoms with Gasteiger partial charge in [0, 0.05) is 15.7 Å². The molecule has 0 heterocycles. The topological polar surface area (TPSA) is 89.0 Å². The molecular weight excluding hydrogens is 601 g/mol. The molecule has 0 aromatic heterocycles. The Balaban J connectivity index is 1.63. The van der Waals surface area contributed by atoms with E-state index in [4.69, 9.17) is 9.47 Å². The lowest BCUT2D eigenvalue weighted by atomic mass is 10.2. The minimum atomic E-state index is -0.319. The molecule has 0 unspecified atom stereocenters. The fraction of sp³-hybridized carbons (Fsp3) is 0.125. The van der Waals surface area contributed by atoms with Crippen LogP contribution in [-0.4, -0.2) is 31.7 Å². The minimum absolute atomic E-state index is 0.169. The third-order valence-corrected chi connectivity index (χ3v) is 5.83. The van der Waals surface area contributed by atoms with Gasteiger partial charge in [-0.3, -0.25) is 9.59 Å². The Labute approximate surface area is 213 Å². The molecule has 0 spiro atoms. The van der Waals surface area contributed by atoms with Gasteiger partial charge < -0.3 is 14.8 Å². The molecule has 2 N–H and O–H groups in total. The molecule has 0 atom stereocenters. The van der Waals surface area contributed by atoms with Crippen LogP contribution in [0.25, 0.3) is 0 Å². The summed E-state index contributed by atoms with van der Waals surface area (Å²) in [7, 11) is 1.52. The molecule has 0 fully saturated rings. The van der Waals surface area contributed by atoms with Gasteiger partial charge in [0.2, 0.25) is 0 Å². The van der Waals surface area contributed by atoms with Crippen molar-refractivity contribution in [1.82, 2.24) is 5.43 Å². The van der Waals surface area contributed by atoms with Gasteiger partial charge in [-0.25, -0.2) is 5.43 Å². The molecule has 9 heteroatoms. The molecule has 0 saturated carbocycles. The van der Waals surface area contributed by atoms with E-state index in [9.17, 15) is 9.59 Å². The molecule has 170 valence electrons. The maximum atomic E-state index is 12.3. The zero-order valence-corrected chi connectivity index (χ0v) is 21.6. The van der Waals surface area contributed by atoms with E-state index in [1.165, 1.54) is 13.3 Å². The van der Waals surface area contributed by atoms with Gasteiger partial charge >= 0.3 is 0 Å². The van der Waals surface area contributed by atoms with Crippen molar-refractivity contribution in [3.05, 3.63) is 85.4 Å². The molecule has 0 saturated heterocycles. The number of methoxy groups -OCH3 is 1. The minimum Gasteiger partial charge on any atom is -0.493 e. The van der Waals surface area contributed by atoms with Crippen molar-refractivity contribution in [3.8, 4) is 11.5 Å². The normalized spacial score (nSPS) is 10.7. The number of ether oxygens (including phenoxy) is 2. The van der Waals surface area contributed by atoms with E-state index in [1.807, 2.05) is 37.3 Å². The molecular formula is C24H21BrIN3O4. The molecule has 33 heavy (non-hydrogen) atoms. The summed E-state index contributed by atoms with van der Waals surface area (Å²) in [6.45, 7) is 1.75. The molecule has 0 aliphatic rings. The van der Waals surface area contributed by atoms with E-state index < -0.39 is 0 Å². The first-order valence-corrected chi connectivity index (χ1v) is 11.7. The average Bonchev–Trinajstić information content (AvgIpc) is 2.80. The van der Waals surface area contributed by atoms with Crippen LogP contribution in [-0.2, 0) is 4.79 Å². The Bertz CT molecular complexity index is 1180. The third kappa shape index (κ3) is 7.03. The van der Waals surface area contributed by atoms with E-state index in [0.29, 0.717) is 22.6 Å². The van der Waals surface area contributed by atoms with Crippen LogP contribution in [0.2, 0.25) is 0 Å². The van der Waals surface area contributed by atoms with E-state index in [1.54, 1.807) is 30.3 Å². The largest absolute Gasteiger partial charge is 0.493 e. The van der Waals surface area contributed by atoms with Crippen molar-refractivity contribution in [1.29, 1.82) is 0 Å². The van der Waals surface area contributed by atoms with Crippen molar-refractivity contribution >= 4 is 62.2 Å². The Morgan fingerprint density at radius 2 is 1.85 bits per heavy atom. The SMILES string of the molecule is COc1cc(/C=N/NC(=O)c2ccc(Br)cc2)cc(I)c1OCC(=O)Nc1ccccc1C. The Morgan fingerprint density at radius 1 is 1.12 bits per heavy atom. The predicted molar refractivity (Wildman–Crippen MR) is 140 cm³/mol. The monoisotopic (exact) mass is 621 g/mol. The Kier molecular flexibility index (Phi) is 8.84. The lowest BCUT2D eigenvalue weighted by molar-refractivity contribution is -0.118. The number of nitrogens with one attached hydrogen (secondary N) is 2. The van der Waals surface area contributed by atoms with Crippen LogP contribution in [0.1, 0.15) is 21.5 Å². The first-order chi connectivity index (χ1) is 15.9. The quantitative estimate of drug-likeness (QED) is 0.207. The highest BCUT2D eigenvalue weighted by Gasteiger charge is 2.14. The summed E-state index contributed by atoms with van der Waals surface area (Å²) in [6, 6.07) is 18.0. The van der Waals surface area contributed by atoms with Crippen molar-refractivity contribution in [2.75, 3.05) is 19.0 Å². The molecule has 0 bridgehead atoms. The first-order valence-electron chi connectivity index (χ1n) is 9.82. The second kappa shape index (κ2) is 11.8. The first kappa shape index (κ1) is 24.7. The van der Waals surface area contributed by atoms with Gasteiger partial charge in [0.25, 0.3) is 11.8 Å². The number of halogens is 2. The summed E-state index contributed by atoms with van der Waals surface area (Å²) >= 11 is 5.43. The summed E-state index contributed by atoms with van der Waals surface area (Å²) in [5.74, 6) is 0.309. The Hall–Kier alpha value is -2.92.